The number of rotatable bonds is 6. The highest BCUT2D eigenvalue weighted by molar-refractivity contribution is 5.98. The van der Waals surface area contributed by atoms with Crippen LogP contribution in [0, 0.1) is 11.8 Å². The Kier molecular flexibility index (Phi) is 6.73. The van der Waals surface area contributed by atoms with E-state index in [1.54, 1.807) is 12.3 Å². The summed E-state index contributed by atoms with van der Waals surface area (Å²) in [4.78, 5) is 26.5. The van der Waals surface area contributed by atoms with Gasteiger partial charge in [0.1, 0.15) is 0 Å². The van der Waals surface area contributed by atoms with Crippen molar-refractivity contribution in [1.29, 1.82) is 0 Å². The molecule has 25 heavy (non-hydrogen) atoms. The van der Waals surface area contributed by atoms with Gasteiger partial charge in [-0.3, -0.25) is 9.59 Å². The molecule has 0 spiro atoms. The molecule has 0 aliphatic carbocycles. The van der Waals surface area contributed by atoms with Crippen molar-refractivity contribution in [2.45, 2.75) is 46.6 Å². The Labute approximate surface area is 149 Å². The van der Waals surface area contributed by atoms with Crippen molar-refractivity contribution in [3.8, 4) is 0 Å². The van der Waals surface area contributed by atoms with E-state index in [1.807, 2.05) is 32.6 Å². The Bertz CT molecular complexity index is 603. The molecule has 7 heteroatoms. The van der Waals surface area contributed by atoms with Crippen LogP contribution in [-0.2, 0) is 4.79 Å². The maximum Gasteiger partial charge on any atom is 0.257 e. The molecule has 0 saturated carbocycles. The number of nitrogens with zero attached hydrogens (tertiary/aromatic N) is 3. The molecular formula is C18H29N5O2. The number of anilines is 1. The molecule has 2 heterocycles. The van der Waals surface area contributed by atoms with Gasteiger partial charge >= 0.3 is 0 Å². The third-order valence-corrected chi connectivity index (χ3v) is 4.27. The minimum absolute atomic E-state index is 0.0196. The molecule has 1 saturated heterocycles. The van der Waals surface area contributed by atoms with E-state index in [0.717, 1.165) is 19.4 Å². The lowest BCUT2D eigenvalue weighted by molar-refractivity contribution is -0.124. The third-order valence-electron chi connectivity index (χ3n) is 4.27. The van der Waals surface area contributed by atoms with Gasteiger partial charge in [-0.2, -0.15) is 5.10 Å². The SMILES string of the molecule is CC(C)Nc1nnccc1C(=O)N1CCCC(CNC(=O)C(C)C)C1. The zero-order chi connectivity index (χ0) is 18.4. The lowest BCUT2D eigenvalue weighted by Gasteiger charge is -2.33. The van der Waals surface area contributed by atoms with Crippen molar-refractivity contribution in [2.24, 2.45) is 11.8 Å². The molecule has 2 amide bonds. The van der Waals surface area contributed by atoms with Gasteiger partial charge < -0.3 is 15.5 Å². The van der Waals surface area contributed by atoms with E-state index < -0.39 is 0 Å². The Hall–Kier alpha value is -2.18. The summed E-state index contributed by atoms with van der Waals surface area (Å²) in [7, 11) is 0. The van der Waals surface area contributed by atoms with Gasteiger partial charge in [0, 0.05) is 31.6 Å². The Balaban J connectivity index is 2.01. The smallest absolute Gasteiger partial charge is 0.257 e. The predicted molar refractivity (Wildman–Crippen MR) is 97.3 cm³/mol. The van der Waals surface area contributed by atoms with Crippen molar-refractivity contribution in [3.05, 3.63) is 17.8 Å². The summed E-state index contributed by atoms with van der Waals surface area (Å²) < 4.78 is 0. The first kappa shape index (κ1) is 19.1. The number of nitrogens with one attached hydrogen (secondary N) is 2. The Morgan fingerprint density at radius 1 is 1.32 bits per heavy atom. The fourth-order valence-corrected chi connectivity index (χ4v) is 2.92. The highest BCUT2D eigenvalue weighted by Crippen LogP contribution is 2.21. The van der Waals surface area contributed by atoms with Crippen LogP contribution in [0.4, 0.5) is 5.82 Å². The van der Waals surface area contributed by atoms with Gasteiger partial charge in [-0.25, -0.2) is 0 Å². The lowest BCUT2D eigenvalue weighted by atomic mass is 9.97. The van der Waals surface area contributed by atoms with E-state index in [-0.39, 0.29) is 29.7 Å². The zero-order valence-corrected chi connectivity index (χ0v) is 15.6. The predicted octanol–water partition coefficient (Wildman–Crippen LogP) is 1.92. The molecule has 1 atom stereocenters. The highest BCUT2D eigenvalue weighted by atomic mass is 16.2. The number of amides is 2. The van der Waals surface area contributed by atoms with Crippen LogP contribution in [-0.4, -0.2) is 52.6 Å². The van der Waals surface area contributed by atoms with Crippen molar-refractivity contribution in [1.82, 2.24) is 20.4 Å². The van der Waals surface area contributed by atoms with Gasteiger partial charge in [-0.15, -0.1) is 5.10 Å². The zero-order valence-electron chi connectivity index (χ0n) is 15.6. The van der Waals surface area contributed by atoms with Crippen LogP contribution in [0.15, 0.2) is 12.3 Å². The average Bonchev–Trinajstić information content (AvgIpc) is 2.59. The minimum atomic E-state index is -0.0297. The molecule has 0 radical (unpaired) electrons. The summed E-state index contributed by atoms with van der Waals surface area (Å²) in [6.07, 6.45) is 3.51. The van der Waals surface area contributed by atoms with E-state index in [2.05, 4.69) is 20.8 Å². The van der Waals surface area contributed by atoms with Crippen molar-refractivity contribution < 1.29 is 9.59 Å². The van der Waals surface area contributed by atoms with Crippen molar-refractivity contribution >= 4 is 17.6 Å². The highest BCUT2D eigenvalue weighted by Gasteiger charge is 2.27. The molecule has 7 nitrogen and oxygen atoms in total. The van der Waals surface area contributed by atoms with E-state index in [4.69, 9.17) is 0 Å². The minimum Gasteiger partial charge on any atom is -0.366 e. The molecule has 1 aromatic heterocycles. The second-order valence-electron chi connectivity index (χ2n) is 7.25. The number of carbonyl (C=O) groups is 2. The maximum absolute atomic E-state index is 12.9. The quantitative estimate of drug-likeness (QED) is 0.821. The Morgan fingerprint density at radius 2 is 2.08 bits per heavy atom. The number of piperidine rings is 1. The molecule has 1 fully saturated rings. The van der Waals surface area contributed by atoms with Crippen molar-refractivity contribution in [2.75, 3.05) is 25.0 Å². The van der Waals surface area contributed by atoms with E-state index in [1.165, 1.54) is 0 Å². The maximum atomic E-state index is 12.9. The molecule has 0 aromatic carbocycles. The van der Waals surface area contributed by atoms with Gasteiger partial charge in [0.15, 0.2) is 5.82 Å². The second kappa shape index (κ2) is 8.78. The van der Waals surface area contributed by atoms with E-state index in [9.17, 15) is 9.59 Å². The molecule has 1 aromatic rings. The van der Waals surface area contributed by atoms with Crippen molar-refractivity contribution in [3.63, 3.8) is 0 Å². The molecule has 138 valence electrons. The summed E-state index contributed by atoms with van der Waals surface area (Å²) in [5, 5.41) is 14.1. The standard InChI is InChI=1S/C18H29N5O2/c1-12(2)17(24)19-10-14-6-5-9-23(11-14)18(25)15-7-8-20-22-16(15)21-13(3)4/h7-8,12-14H,5-6,9-11H2,1-4H3,(H,19,24)(H,21,22). The first-order chi connectivity index (χ1) is 11.9. The lowest BCUT2D eigenvalue weighted by Crippen LogP contribution is -2.44. The van der Waals surface area contributed by atoms with Crippen LogP contribution in [0.3, 0.4) is 0 Å². The van der Waals surface area contributed by atoms with E-state index >= 15 is 0 Å². The molecule has 2 rings (SSSR count). The molecule has 1 unspecified atom stereocenters. The van der Waals surface area contributed by atoms with Gasteiger partial charge in [0.2, 0.25) is 5.91 Å². The number of likely N-dealkylation sites (tertiary alicyclic amines) is 1. The largest absolute Gasteiger partial charge is 0.366 e. The number of hydrogen-bond donors (Lipinski definition) is 2. The van der Waals surface area contributed by atoms with Gasteiger partial charge in [-0.05, 0) is 38.7 Å². The number of hydrogen-bond acceptors (Lipinski definition) is 5. The van der Waals surface area contributed by atoms with Gasteiger partial charge in [0.25, 0.3) is 5.91 Å². The van der Waals surface area contributed by atoms with Crippen LogP contribution in [0.25, 0.3) is 0 Å². The monoisotopic (exact) mass is 347 g/mol. The van der Waals surface area contributed by atoms with Gasteiger partial charge in [0.05, 0.1) is 11.8 Å². The fraction of sp³-hybridized carbons (Fsp3) is 0.667. The molecule has 0 bridgehead atoms. The van der Waals surface area contributed by atoms with Crippen LogP contribution >= 0.6 is 0 Å². The third kappa shape index (κ3) is 5.41. The van der Waals surface area contributed by atoms with Crippen LogP contribution in [0.5, 0.6) is 0 Å². The summed E-state index contributed by atoms with van der Waals surface area (Å²) in [6.45, 7) is 9.76. The Morgan fingerprint density at radius 3 is 2.76 bits per heavy atom. The summed E-state index contributed by atoms with van der Waals surface area (Å²) in [5.41, 5.74) is 0.551. The molecular weight excluding hydrogens is 318 g/mol. The average molecular weight is 347 g/mol. The molecule has 1 aliphatic heterocycles. The first-order valence-corrected chi connectivity index (χ1v) is 9.03. The molecule has 2 N–H and O–H groups in total. The summed E-state index contributed by atoms with van der Waals surface area (Å²) in [6, 6.07) is 1.88. The number of carbonyl (C=O) groups excluding carboxylic acids is 2. The van der Waals surface area contributed by atoms with Crippen LogP contribution < -0.4 is 10.6 Å². The van der Waals surface area contributed by atoms with Crippen LogP contribution in [0.1, 0.15) is 50.9 Å². The number of aromatic nitrogens is 2. The second-order valence-corrected chi connectivity index (χ2v) is 7.25. The molecule has 1 aliphatic rings. The van der Waals surface area contributed by atoms with Gasteiger partial charge in [-0.1, -0.05) is 13.8 Å². The normalized spacial score (nSPS) is 17.7. The van der Waals surface area contributed by atoms with E-state index in [0.29, 0.717) is 24.5 Å². The van der Waals surface area contributed by atoms with Crippen LogP contribution in [0.2, 0.25) is 0 Å². The summed E-state index contributed by atoms with van der Waals surface area (Å²) >= 11 is 0. The summed E-state index contributed by atoms with van der Waals surface area (Å²) in [5.74, 6) is 0.825. The topological polar surface area (TPSA) is 87.2 Å². The fourth-order valence-electron chi connectivity index (χ4n) is 2.92. The first-order valence-electron chi connectivity index (χ1n) is 9.03.